The van der Waals surface area contributed by atoms with Crippen LogP contribution in [-0.2, 0) is 12.8 Å². The highest BCUT2D eigenvalue weighted by molar-refractivity contribution is 7.99. The minimum atomic E-state index is 0.0762. The molecular weight excluding hydrogens is 428 g/mol. The molecule has 5 nitrogen and oxygen atoms in total. The van der Waals surface area contributed by atoms with Crippen LogP contribution in [0.15, 0.2) is 84.0 Å². The number of aryl methyl sites for hydroxylation is 1. The van der Waals surface area contributed by atoms with Gasteiger partial charge < -0.3 is 10.1 Å². The Morgan fingerprint density at radius 2 is 1.73 bits per heavy atom. The summed E-state index contributed by atoms with van der Waals surface area (Å²) in [5, 5.41) is 13.8. The van der Waals surface area contributed by atoms with Crippen molar-refractivity contribution in [2.24, 2.45) is 0 Å². The SMILES string of the molecule is COc1ccccc1-n1c(SCCCCc2ccccc2)nnc1C1Cc2ccccc2N1. The summed E-state index contributed by atoms with van der Waals surface area (Å²) in [7, 11) is 1.71. The number of nitrogens with zero attached hydrogens (tertiary/aromatic N) is 3. The molecule has 0 amide bonds. The number of hydrogen-bond donors (Lipinski definition) is 1. The molecule has 0 radical (unpaired) electrons. The van der Waals surface area contributed by atoms with Crippen LogP contribution in [0.3, 0.4) is 0 Å². The molecule has 33 heavy (non-hydrogen) atoms. The summed E-state index contributed by atoms with van der Waals surface area (Å²) in [5.41, 5.74) is 4.86. The summed E-state index contributed by atoms with van der Waals surface area (Å²) in [5.74, 6) is 2.74. The van der Waals surface area contributed by atoms with Gasteiger partial charge in [0.1, 0.15) is 5.75 Å². The van der Waals surface area contributed by atoms with Gasteiger partial charge in [0.25, 0.3) is 0 Å². The van der Waals surface area contributed by atoms with Crippen LogP contribution in [0.2, 0.25) is 0 Å². The van der Waals surface area contributed by atoms with Gasteiger partial charge in [-0.05, 0) is 48.6 Å². The van der Waals surface area contributed by atoms with Crippen LogP contribution >= 0.6 is 11.8 Å². The van der Waals surface area contributed by atoms with E-state index in [1.807, 2.05) is 18.2 Å². The summed E-state index contributed by atoms with van der Waals surface area (Å²) in [6.45, 7) is 0. The largest absolute Gasteiger partial charge is 0.495 e. The molecule has 168 valence electrons. The Morgan fingerprint density at radius 1 is 0.939 bits per heavy atom. The van der Waals surface area contributed by atoms with Crippen LogP contribution in [-0.4, -0.2) is 27.6 Å². The maximum atomic E-state index is 5.69. The Morgan fingerprint density at radius 3 is 2.58 bits per heavy atom. The maximum absolute atomic E-state index is 5.69. The van der Waals surface area contributed by atoms with Gasteiger partial charge in [-0.25, -0.2) is 0 Å². The third-order valence-electron chi connectivity index (χ3n) is 6.00. The van der Waals surface area contributed by atoms with Crippen LogP contribution in [0.4, 0.5) is 5.69 Å². The molecule has 1 unspecified atom stereocenters. The topological polar surface area (TPSA) is 52.0 Å². The highest BCUT2D eigenvalue weighted by Crippen LogP contribution is 2.37. The number of rotatable bonds is 9. The van der Waals surface area contributed by atoms with E-state index in [4.69, 9.17) is 4.74 Å². The summed E-state index contributed by atoms with van der Waals surface area (Å²) in [6.07, 6.45) is 4.29. The molecule has 0 saturated carbocycles. The molecule has 1 atom stereocenters. The van der Waals surface area contributed by atoms with E-state index in [2.05, 4.69) is 80.7 Å². The van der Waals surface area contributed by atoms with Gasteiger partial charge in [0.05, 0.1) is 18.8 Å². The fourth-order valence-electron chi connectivity index (χ4n) is 4.33. The molecule has 3 aromatic carbocycles. The van der Waals surface area contributed by atoms with Gasteiger partial charge in [-0.3, -0.25) is 4.57 Å². The molecule has 6 heteroatoms. The number of methoxy groups -OCH3 is 1. The minimum absolute atomic E-state index is 0.0762. The van der Waals surface area contributed by atoms with Crippen LogP contribution in [0.1, 0.15) is 35.8 Å². The Labute approximate surface area is 199 Å². The lowest BCUT2D eigenvalue weighted by molar-refractivity contribution is 0.411. The van der Waals surface area contributed by atoms with Crippen LogP contribution in [0.5, 0.6) is 5.75 Å². The quantitative estimate of drug-likeness (QED) is 0.244. The van der Waals surface area contributed by atoms with Crippen molar-refractivity contribution in [2.45, 2.75) is 36.9 Å². The van der Waals surface area contributed by atoms with Crippen LogP contribution < -0.4 is 10.1 Å². The molecule has 0 fully saturated rings. The maximum Gasteiger partial charge on any atom is 0.196 e. The molecule has 1 N–H and O–H groups in total. The first-order chi connectivity index (χ1) is 16.3. The number of ether oxygens (including phenoxy) is 1. The van der Waals surface area contributed by atoms with E-state index in [1.165, 1.54) is 16.8 Å². The lowest BCUT2D eigenvalue weighted by Crippen LogP contribution is -2.14. The van der Waals surface area contributed by atoms with Gasteiger partial charge >= 0.3 is 0 Å². The fourth-order valence-corrected chi connectivity index (χ4v) is 5.28. The zero-order valence-electron chi connectivity index (χ0n) is 18.8. The summed E-state index contributed by atoms with van der Waals surface area (Å²) in [6, 6.07) is 27.3. The highest BCUT2D eigenvalue weighted by atomic mass is 32.2. The number of benzene rings is 3. The number of anilines is 1. The Hall–Kier alpha value is -3.25. The lowest BCUT2D eigenvalue weighted by Gasteiger charge is -2.17. The van der Waals surface area contributed by atoms with E-state index in [9.17, 15) is 0 Å². The number of aromatic nitrogens is 3. The first-order valence-electron chi connectivity index (χ1n) is 11.4. The number of thioether (sulfide) groups is 1. The van der Waals surface area contributed by atoms with Crippen molar-refractivity contribution in [1.82, 2.24) is 14.8 Å². The van der Waals surface area contributed by atoms with Gasteiger partial charge in [0.15, 0.2) is 11.0 Å². The normalized spacial score (nSPS) is 14.6. The van der Waals surface area contributed by atoms with Gasteiger partial charge in [0.2, 0.25) is 0 Å². The zero-order valence-corrected chi connectivity index (χ0v) is 19.6. The second kappa shape index (κ2) is 10.1. The summed E-state index contributed by atoms with van der Waals surface area (Å²) >= 11 is 1.77. The number of unbranched alkanes of at least 4 members (excludes halogenated alkanes) is 1. The van der Waals surface area contributed by atoms with E-state index in [1.54, 1.807) is 18.9 Å². The lowest BCUT2D eigenvalue weighted by atomic mass is 10.1. The first kappa shape index (κ1) is 21.6. The smallest absolute Gasteiger partial charge is 0.196 e. The van der Waals surface area contributed by atoms with Gasteiger partial charge in [-0.15, -0.1) is 10.2 Å². The second-order valence-electron chi connectivity index (χ2n) is 8.20. The Kier molecular flexibility index (Phi) is 6.63. The number of para-hydroxylation sites is 3. The third kappa shape index (κ3) is 4.76. The first-order valence-corrected chi connectivity index (χ1v) is 12.4. The molecule has 0 aliphatic carbocycles. The predicted octanol–water partition coefficient (Wildman–Crippen LogP) is 6.10. The van der Waals surface area contributed by atoms with Crippen LogP contribution in [0.25, 0.3) is 5.69 Å². The van der Waals surface area contributed by atoms with Crippen molar-refractivity contribution in [3.8, 4) is 11.4 Å². The van der Waals surface area contributed by atoms with Crippen molar-refractivity contribution in [3.63, 3.8) is 0 Å². The molecule has 0 saturated heterocycles. The molecule has 0 spiro atoms. The fraction of sp³-hybridized carbons (Fsp3) is 0.259. The van der Waals surface area contributed by atoms with Gasteiger partial charge in [-0.2, -0.15) is 0 Å². The van der Waals surface area contributed by atoms with E-state index >= 15 is 0 Å². The van der Waals surface area contributed by atoms with Crippen molar-refractivity contribution in [3.05, 3.63) is 95.8 Å². The minimum Gasteiger partial charge on any atom is -0.495 e. The summed E-state index contributed by atoms with van der Waals surface area (Å²) in [4.78, 5) is 0. The molecule has 5 rings (SSSR count). The zero-order chi connectivity index (χ0) is 22.5. The Balaban J connectivity index is 1.35. The van der Waals surface area contributed by atoms with Crippen molar-refractivity contribution in [2.75, 3.05) is 18.2 Å². The molecule has 4 aromatic rings. The molecule has 1 aliphatic heterocycles. The summed E-state index contributed by atoms with van der Waals surface area (Å²) < 4.78 is 7.86. The number of fused-ring (bicyclic) bond motifs is 1. The molecule has 1 aromatic heterocycles. The average Bonchev–Trinajstić information content (AvgIpc) is 3.48. The molecule has 1 aliphatic rings. The van der Waals surface area contributed by atoms with E-state index in [0.717, 1.165) is 53.9 Å². The molecular formula is C27H28N4OS. The van der Waals surface area contributed by atoms with E-state index in [-0.39, 0.29) is 6.04 Å². The second-order valence-corrected chi connectivity index (χ2v) is 9.26. The van der Waals surface area contributed by atoms with E-state index < -0.39 is 0 Å². The van der Waals surface area contributed by atoms with E-state index in [0.29, 0.717) is 0 Å². The molecule has 0 bridgehead atoms. The number of hydrogen-bond acceptors (Lipinski definition) is 5. The predicted molar refractivity (Wildman–Crippen MR) is 135 cm³/mol. The standard InChI is InChI=1S/C27H28N4OS/c1-32-25-17-8-7-16-24(25)31-26(23-19-21-14-5-6-15-22(21)28-23)29-30-27(31)33-18-10-9-13-20-11-3-2-4-12-20/h2-8,11-12,14-17,23,28H,9-10,13,18-19H2,1H3. The highest BCUT2D eigenvalue weighted by Gasteiger charge is 2.29. The van der Waals surface area contributed by atoms with Crippen molar-refractivity contribution < 1.29 is 4.74 Å². The molecule has 2 heterocycles. The van der Waals surface area contributed by atoms with Gasteiger partial charge in [0, 0.05) is 17.9 Å². The van der Waals surface area contributed by atoms with Crippen LogP contribution in [0, 0.1) is 0 Å². The monoisotopic (exact) mass is 456 g/mol. The Bertz CT molecular complexity index is 1180. The average molecular weight is 457 g/mol. The van der Waals surface area contributed by atoms with Gasteiger partial charge in [-0.1, -0.05) is 72.4 Å². The van der Waals surface area contributed by atoms with Crippen molar-refractivity contribution >= 4 is 17.4 Å². The number of nitrogens with one attached hydrogen (secondary N) is 1. The third-order valence-corrected chi connectivity index (χ3v) is 7.02. The van der Waals surface area contributed by atoms with Crippen molar-refractivity contribution in [1.29, 1.82) is 0 Å².